The first-order valence-corrected chi connectivity index (χ1v) is 10.1. The van der Waals surface area contributed by atoms with Gasteiger partial charge in [-0.05, 0) is 25.0 Å². The smallest absolute Gasteiger partial charge is 0.316 e. The minimum absolute atomic E-state index is 0.173. The number of ether oxygens (including phenoxy) is 1. The Morgan fingerprint density at radius 3 is 2.75 bits per heavy atom. The van der Waals surface area contributed by atoms with Crippen LogP contribution in [0.3, 0.4) is 0 Å². The van der Waals surface area contributed by atoms with Crippen molar-refractivity contribution in [2.75, 3.05) is 12.4 Å². The second-order valence-electron chi connectivity index (χ2n) is 5.66. The Bertz CT molecular complexity index is 621. The number of halogens is 1. The summed E-state index contributed by atoms with van der Waals surface area (Å²) in [6.45, 7) is -0.340. The topological polar surface area (TPSA) is 79.2 Å². The van der Waals surface area contributed by atoms with Crippen LogP contribution in [-0.4, -0.2) is 29.8 Å². The second-order valence-corrected chi connectivity index (χ2v) is 8.45. The van der Waals surface area contributed by atoms with Crippen molar-refractivity contribution in [1.82, 2.24) is 5.32 Å². The molecule has 1 aromatic heterocycles. The predicted molar refractivity (Wildman–Crippen MR) is 96.0 cm³/mol. The van der Waals surface area contributed by atoms with Crippen LogP contribution >= 0.6 is 34.7 Å². The first-order valence-electron chi connectivity index (χ1n) is 7.73. The lowest BCUT2D eigenvalue weighted by Crippen LogP contribution is -2.50. The standard InChI is InChI=1S/C16H19ClN2O3S2/c17-13-5-4-12(24-13)9-23-10-15(21)22-8-14(20)19-16(11-18)6-2-1-3-7-16/h4-5H,1-3,6-10H2,(H,19,20). The fourth-order valence-electron chi connectivity index (χ4n) is 2.58. The molecular formula is C16H19ClN2O3S2. The minimum Gasteiger partial charge on any atom is -0.455 e. The maximum Gasteiger partial charge on any atom is 0.316 e. The zero-order valence-corrected chi connectivity index (χ0v) is 15.6. The first kappa shape index (κ1) is 19.1. The lowest BCUT2D eigenvalue weighted by Gasteiger charge is -2.31. The number of carbonyl (C=O) groups is 2. The van der Waals surface area contributed by atoms with Crippen molar-refractivity contribution in [3.05, 3.63) is 21.3 Å². The van der Waals surface area contributed by atoms with Crippen LogP contribution < -0.4 is 5.32 Å². The van der Waals surface area contributed by atoms with Crippen LogP contribution in [0.2, 0.25) is 4.34 Å². The molecule has 1 fully saturated rings. The van der Waals surface area contributed by atoms with Gasteiger partial charge >= 0.3 is 5.97 Å². The molecule has 8 heteroatoms. The average Bonchev–Trinajstić information content (AvgIpc) is 2.99. The van der Waals surface area contributed by atoms with E-state index in [0.717, 1.165) is 28.5 Å². The van der Waals surface area contributed by atoms with Crippen molar-refractivity contribution in [2.45, 2.75) is 43.4 Å². The largest absolute Gasteiger partial charge is 0.455 e. The molecule has 1 aromatic rings. The number of nitriles is 1. The Morgan fingerprint density at radius 1 is 1.38 bits per heavy atom. The van der Waals surface area contributed by atoms with Crippen LogP contribution in [-0.2, 0) is 20.1 Å². The third-order valence-corrected chi connectivity index (χ3v) is 6.13. The Morgan fingerprint density at radius 2 is 2.12 bits per heavy atom. The molecule has 0 radical (unpaired) electrons. The third-order valence-electron chi connectivity index (χ3n) is 3.76. The predicted octanol–water partition coefficient (Wildman–Crippen LogP) is 3.52. The van der Waals surface area contributed by atoms with Crippen molar-refractivity contribution in [2.24, 2.45) is 0 Å². The summed E-state index contributed by atoms with van der Waals surface area (Å²) >= 11 is 8.73. The van der Waals surface area contributed by atoms with E-state index in [-0.39, 0.29) is 12.4 Å². The molecular weight excluding hydrogens is 368 g/mol. The van der Waals surface area contributed by atoms with Crippen LogP contribution in [0.15, 0.2) is 12.1 Å². The van der Waals surface area contributed by atoms with E-state index in [4.69, 9.17) is 16.3 Å². The van der Waals surface area contributed by atoms with Gasteiger partial charge in [0.1, 0.15) is 5.54 Å². The highest BCUT2D eigenvalue weighted by molar-refractivity contribution is 7.99. The fraction of sp³-hybridized carbons (Fsp3) is 0.562. The Hall–Kier alpha value is -1.23. The first-order chi connectivity index (χ1) is 11.5. The molecule has 2 rings (SSSR count). The van der Waals surface area contributed by atoms with Gasteiger partial charge in [0.2, 0.25) is 0 Å². The van der Waals surface area contributed by atoms with Gasteiger partial charge in [0.05, 0.1) is 16.2 Å². The van der Waals surface area contributed by atoms with E-state index >= 15 is 0 Å². The average molecular weight is 387 g/mol. The molecule has 0 unspecified atom stereocenters. The van der Waals surface area contributed by atoms with Gasteiger partial charge < -0.3 is 10.1 Å². The van der Waals surface area contributed by atoms with Gasteiger partial charge in [-0.1, -0.05) is 30.9 Å². The number of thioether (sulfide) groups is 1. The van der Waals surface area contributed by atoms with Crippen LogP contribution in [0.5, 0.6) is 0 Å². The molecule has 24 heavy (non-hydrogen) atoms. The van der Waals surface area contributed by atoms with Crippen LogP contribution in [0.1, 0.15) is 37.0 Å². The summed E-state index contributed by atoms with van der Waals surface area (Å²) in [6.07, 6.45) is 4.25. The Balaban J connectivity index is 1.65. The maximum atomic E-state index is 11.9. The van der Waals surface area contributed by atoms with Crippen LogP contribution in [0, 0.1) is 11.3 Å². The van der Waals surface area contributed by atoms with Crippen LogP contribution in [0.4, 0.5) is 0 Å². The Kier molecular flexibility index (Phi) is 7.40. The molecule has 0 aromatic carbocycles. The molecule has 0 saturated heterocycles. The summed E-state index contributed by atoms with van der Waals surface area (Å²) in [6, 6.07) is 5.95. The fourth-order valence-corrected chi connectivity index (χ4v) is 4.59. The number of hydrogen-bond acceptors (Lipinski definition) is 6. The summed E-state index contributed by atoms with van der Waals surface area (Å²) in [5.74, 6) is -0.00288. The lowest BCUT2D eigenvalue weighted by atomic mass is 9.83. The normalized spacial score (nSPS) is 16.2. The van der Waals surface area contributed by atoms with Crippen LogP contribution in [0.25, 0.3) is 0 Å². The highest BCUT2D eigenvalue weighted by atomic mass is 35.5. The monoisotopic (exact) mass is 386 g/mol. The van der Waals surface area contributed by atoms with Crippen molar-refractivity contribution in [1.29, 1.82) is 5.26 Å². The second kappa shape index (κ2) is 9.30. The maximum absolute atomic E-state index is 11.9. The molecule has 0 aliphatic heterocycles. The number of hydrogen-bond donors (Lipinski definition) is 1. The van der Waals surface area contributed by atoms with Gasteiger partial charge in [-0.25, -0.2) is 0 Å². The van der Waals surface area contributed by atoms with E-state index < -0.39 is 17.4 Å². The molecule has 130 valence electrons. The van der Waals surface area contributed by atoms with Crippen molar-refractivity contribution in [3.63, 3.8) is 0 Å². The van der Waals surface area contributed by atoms with Gasteiger partial charge in [-0.3, -0.25) is 9.59 Å². The number of nitrogens with one attached hydrogen (secondary N) is 1. The molecule has 1 saturated carbocycles. The number of esters is 1. The van der Waals surface area contributed by atoms with Crippen molar-refractivity contribution < 1.29 is 14.3 Å². The highest BCUT2D eigenvalue weighted by Gasteiger charge is 2.33. The number of thiophene rings is 1. The summed E-state index contributed by atoms with van der Waals surface area (Å²) in [5.41, 5.74) is -0.797. The number of rotatable bonds is 7. The summed E-state index contributed by atoms with van der Waals surface area (Å²) < 4.78 is 5.70. The zero-order chi connectivity index (χ0) is 17.4. The molecule has 0 bridgehead atoms. The minimum atomic E-state index is -0.797. The Labute approximate surface area is 154 Å². The van der Waals surface area contributed by atoms with E-state index in [1.165, 1.54) is 23.1 Å². The van der Waals surface area contributed by atoms with Crippen molar-refractivity contribution >= 4 is 46.6 Å². The van der Waals surface area contributed by atoms with E-state index in [1.807, 2.05) is 12.1 Å². The van der Waals surface area contributed by atoms with E-state index in [0.29, 0.717) is 18.6 Å². The summed E-state index contributed by atoms with van der Waals surface area (Å²) in [4.78, 5) is 24.7. The van der Waals surface area contributed by atoms with Gasteiger partial charge in [-0.2, -0.15) is 5.26 Å². The lowest BCUT2D eigenvalue weighted by molar-refractivity contribution is -0.146. The van der Waals surface area contributed by atoms with Gasteiger partial charge in [0, 0.05) is 10.6 Å². The van der Waals surface area contributed by atoms with Crippen molar-refractivity contribution in [3.8, 4) is 6.07 Å². The highest BCUT2D eigenvalue weighted by Crippen LogP contribution is 2.27. The quantitative estimate of drug-likeness (QED) is 0.725. The molecule has 0 atom stereocenters. The van der Waals surface area contributed by atoms with Gasteiger partial charge in [0.25, 0.3) is 5.91 Å². The van der Waals surface area contributed by atoms with E-state index in [2.05, 4.69) is 11.4 Å². The third kappa shape index (κ3) is 6.00. The molecule has 0 spiro atoms. The van der Waals surface area contributed by atoms with E-state index in [1.54, 1.807) is 0 Å². The molecule has 1 amide bonds. The SMILES string of the molecule is N#CC1(NC(=O)COC(=O)CSCc2ccc(Cl)s2)CCCCC1. The molecule has 1 aliphatic carbocycles. The summed E-state index contributed by atoms with van der Waals surface area (Å²) in [7, 11) is 0. The van der Waals surface area contributed by atoms with Gasteiger partial charge in [0.15, 0.2) is 6.61 Å². The molecule has 5 nitrogen and oxygen atoms in total. The number of nitrogens with zero attached hydrogens (tertiary/aromatic N) is 1. The molecule has 1 heterocycles. The molecule has 1 N–H and O–H groups in total. The van der Waals surface area contributed by atoms with Gasteiger partial charge in [-0.15, -0.1) is 23.1 Å². The van der Waals surface area contributed by atoms with E-state index in [9.17, 15) is 14.9 Å². The number of amides is 1. The summed E-state index contributed by atoms with van der Waals surface area (Å²) in [5, 5.41) is 12.0. The number of carbonyl (C=O) groups excluding carboxylic acids is 2. The zero-order valence-electron chi connectivity index (χ0n) is 13.2. The molecule has 1 aliphatic rings.